The number of nitrogens with one attached hydrogen (secondary N) is 1. The molecular weight excluding hydrogens is 200 g/mol. The molecule has 2 rings (SSSR count). The third kappa shape index (κ3) is 2.35. The number of hydrogen-bond donors (Lipinski definition) is 1. The van der Waals surface area contributed by atoms with Gasteiger partial charge in [0, 0.05) is 30.9 Å². The molecule has 0 atom stereocenters. The third-order valence-electron chi connectivity index (χ3n) is 3.14. The molecule has 0 unspecified atom stereocenters. The highest BCUT2D eigenvalue weighted by Crippen LogP contribution is 2.19. The lowest BCUT2D eigenvalue weighted by Gasteiger charge is -2.13. The summed E-state index contributed by atoms with van der Waals surface area (Å²) in [6.45, 7) is 5.91. The van der Waals surface area contributed by atoms with Gasteiger partial charge in [0.15, 0.2) is 0 Å². The summed E-state index contributed by atoms with van der Waals surface area (Å²) in [5.74, 6) is 0. The molecule has 0 bridgehead atoms. The fraction of sp³-hybridized carbons (Fsp3) is 0.615. The van der Waals surface area contributed by atoms with Crippen molar-refractivity contribution in [2.75, 3.05) is 6.54 Å². The van der Waals surface area contributed by atoms with Crippen LogP contribution in [-0.2, 0) is 19.4 Å². The first kappa shape index (κ1) is 11.4. The number of pyridine rings is 1. The van der Waals surface area contributed by atoms with E-state index in [1.807, 2.05) is 10.6 Å². The number of fused-ring (bicyclic) bond motifs is 1. The van der Waals surface area contributed by atoms with Crippen LogP contribution in [0.4, 0.5) is 0 Å². The van der Waals surface area contributed by atoms with Crippen LogP contribution in [0.3, 0.4) is 0 Å². The normalized spacial score (nSPS) is 14.4. The highest BCUT2D eigenvalue weighted by atomic mass is 16.1. The van der Waals surface area contributed by atoms with E-state index in [0.29, 0.717) is 6.04 Å². The maximum absolute atomic E-state index is 11.8. The molecule has 16 heavy (non-hydrogen) atoms. The molecule has 0 radical (unpaired) electrons. The Morgan fingerprint density at radius 3 is 2.94 bits per heavy atom. The number of aromatic nitrogens is 1. The Morgan fingerprint density at radius 2 is 2.19 bits per heavy atom. The van der Waals surface area contributed by atoms with Crippen LogP contribution in [-0.4, -0.2) is 17.2 Å². The van der Waals surface area contributed by atoms with Crippen LogP contribution in [0.15, 0.2) is 16.9 Å². The van der Waals surface area contributed by atoms with Crippen LogP contribution < -0.4 is 10.9 Å². The van der Waals surface area contributed by atoms with E-state index in [0.717, 1.165) is 25.9 Å². The van der Waals surface area contributed by atoms with Crippen LogP contribution >= 0.6 is 0 Å². The summed E-state index contributed by atoms with van der Waals surface area (Å²) in [6.07, 6.45) is 3.39. The number of nitrogens with zero attached hydrogens (tertiary/aromatic N) is 1. The summed E-state index contributed by atoms with van der Waals surface area (Å²) < 4.78 is 1.94. The van der Waals surface area contributed by atoms with Crippen LogP contribution in [0.1, 0.15) is 31.5 Å². The summed E-state index contributed by atoms with van der Waals surface area (Å²) in [6, 6.07) is 4.18. The lowest BCUT2D eigenvalue weighted by atomic mass is 10.2. The minimum absolute atomic E-state index is 0.145. The molecule has 0 spiro atoms. The van der Waals surface area contributed by atoms with E-state index >= 15 is 0 Å². The van der Waals surface area contributed by atoms with Crippen LogP contribution in [0.2, 0.25) is 0 Å². The number of aryl methyl sites for hydroxylation is 1. The average molecular weight is 220 g/mol. The van der Waals surface area contributed by atoms with Crippen molar-refractivity contribution in [1.29, 1.82) is 0 Å². The molecule has 0 saturated carbocycles. The highest BCUT2D eigenvalue weighted by molar-refractivity contribution is 5.25. The van der Waals surface area contributed by atoms with Gasteiger partial charge in [0.1, 0.15) is 0 Å². The van der Waals surface area contributed by atoms with E-state index in [1.165, 1.54) is 17.7 Å². The molecule has 1 heterocycles. The summed E-state index contributed by atoms with van der Waals surface area (Å²) in [7, 11) is 0. The van der Waals surface area contributed by atoms with Crippen LogP contribution in [0.25, 0.3) is 0 Å². The zero-order valence-electron chi connectivity index (χ0n) is 10.1. The first-order valence-corrected chi connectivity index (χ1v) is 6.13. The maximum Gasteiger partial charge on any atom is 0.250 e. The van der Waals surface area contributed by atoms with Crippen molar-refractivity contribution < 1.29 is 0 Å². The molecule has 0 aromatic carbocycles. The van der Waals surface area contributed by atoms with Crippen LogP contribution in [0.5, 0.6) is 0 Å². The zero-order valence-corrected chi connectivity index (χ0v) is 10.1. The fourth-order valence-corrected chi connectivity index (χ4v) is 2.34. The van der Waals surface area contributed by atoms with E-state index in [-0.39, 0.29) is 5.56 Å². The van der Waals surface area contributed by atoms with Crippen LogP contribution in [0, 0.1) is 0 Å². The molecule has 3 heteroatoms. The van der Waals surface area contributed by atoms with Gasteiger partial charge in [-0.1, -0.05) is 19.9 Å². The molecule has 0 aliphatic heterocycles. The monoisotopic (exact) mass is 220 g/mol. The minimum atomic E-state index is 0.145. The van der Waals surface area contributed by atoms with Gasteiger partial charge in [-0.2, -0.15) is 0 Å². The van der Waals surface area contributed by atoms with Gasteiger partial charge in [-0.25, -0.2) is 0 Å². The quantitative estimate of drug-likeness (QED) is 0.830. The standard InChI is InChI=1S/C13H20N2O/c1-10(2)14-8-9-15-12-5-3-4-11(12)6-7-13(15)16/h6-7,10,14H,3-5,8-9H2,1-2H3. The van der Waals surface area contributed by atoms with Gasteiger partial charge in [0.2, 0.25) is 0 Å². The summed E-state index contributed by atoms with van der Waals surface area (Å²) in [5, 5.41) is 3.35. The van der Waals surface area contributed by atoms with Gasteiger partial charge in [0.25, 0.3) is 5.56 Å². The Balaban J connectivity index is 2.14. The van der Waals surface area contributed by atoms with E-state index in [2.05, 4.69) is 19.2 Å². The number of hydrogen-bond acceptors (Lipinski definition) is 2. The van der Waals surface area contributed by atoms with Crippen molar-refractivity contribution in [3.8, 4) is 0 Å². The van der Waals surface area contributed by atoms with Crippen molar-refractivity contribution in [3.05, 3.63) is 33.7 Å². The molecule has 1 aromatic heterocycles. The molecule has 0 amide bonds. The molecule has 88 valence electrons. The lowest BCUT2D eigenvalue weighted by Crippen LogP contribution is -2.31. The molecule has 0 fully saturated rings. The Kier molecular flexibility index (Phi) is 3.44. The third-order valence-corrected chi connectivity index (χ3v) is 3.14. The molecular formula is C13H20N2O. The second-order valence-corrected chi connectivity index (χ2v) is 4.76. The van der Waals surface area contributed by atoms with Crippen molar-refractivity contribution >= 4 is 0 Å². The molecule has 0 saturated heterocycles. The average Bonchev–Trinajstić information content (AvgIpc) is 2.69. The largest absolute Gasteiger partial charge is 0.313 e. The number of rotatable bonds is 4. The van der Waals surface area contributed by atoms with Crippen molar-refractivity contribution in [1.82, 2.24) is 9.88 Å². The Labute approximate surface area is 96.5 Å². The summed E-state index contributed by atoms with van der Waals surface area (Å²) >= 11 is 0. The van der Waals surface area contributed by atoms with Gasteiger partial charge in [0.05, 0.1) is 0 Å². The SMILES string of the molecule is CC(C)NCCn1c2c(ccc1=O)CCC2. The van der Waals surface area contributed by atoms with Gasteiger partial charge in [-0.05, 0) is 24.8 Å². The van der Waals surface area contributed by atoms with Crippen molar-refractivity contribution in [2.24, 2.45) is 0 Å². The Hall–Kier alpha value is -1.09. The fourth-order valence-electron chi connectivity index (χ4n) is 2.34. The minimum Gasteiger partial charge on any atom is -0.313 e. The van der Waals surface area contributed by atoms with Gasteiger partial charge in [-0.3, -0.25) is 4.79 Å². The smallest absolute Gasteiger partial charge is 0.250 e. The molecule has 1 aliphatic rings. The lowest BCUT2D eigenvalue weighted by molar-refractivity contribution is 0.525. The second kappa shape index (κ2) is 4.83. The summed E-state index contributed by atoms with van der Waals surface area (Å²) in [4.78, 5) is 11.8. The Morgan fingerprint density at radius 1 is 1.38 bits per heavy atom. The molecule has 1 N–H and O–H groups in total. The van der Waals surface area contributed by atoms with E-state index in [9.17, 15) is 4.79 Å². The van der Waals surface area contributed by atoms with Crippen molar-refractivity contribution in [2.45, 2.75) is 45.7 Å². The predicted octanol–water partition coefficient (Wildman–Crippen LogP) is 1.33. The Bertz CT molecular complexity index is 420. The van der Waals surface area contributed by atoms with E-state index in [4.69, 9.17) is 0 Å². The zero-order chi connectivity index (χ0) is 11.5. The van der Waals surface area contributed by atoms with Gasteiger partial charge >= 0.3 is 0 Å². The highest BCUT2D eigenvalue weighted by Gasteiger charge is 2.15. The van der Waals surface area contributed by atoms with Gasteiger partial charge in [-0.15, -0.1) is 0 Å². The van der Waals surface area contributed by atoms with E-state index in [1.54, 1.807) is 6.07 Å². The topological polar surface area (TPSA) is 34.0 Å². The summed E-state index contributed by atoms with van der Waals surface area (Å²) in [5.41, 5.74) is 2.77. The first-order valence-electron chi connectivity index (χ1n) is 6.13. The van der Waals surface area contributed by atoms with Gasteiger partial charge < -0.3 is 9.88 Å². The molecule has 3 nitrogen and oxygen atoms in total. The van der Waals surface area contributed by atoms with Crippen molar-refractivity contribution in [3.63, 3.8) is 0 Å². The molecule has 1 aromatic rings. The van der Waals surface area contributed by atoms with E-state index < -0.39 is 0 Å². The maximum atomic E-state index is 11.8. The first-order chi connectivity index (χ1) is 7.68. The predicted molar refractivity (Wildman–Crippen MR) is 65.9 cm³/mol. The molecule has 1 aliphatic carbocycles. The second-order valence-electron chi connectivity index (χ2n) is 4.76.